The molecule has 0 aliphatic carbocycles. The number of benzene rings is 1. The van der Waals surface area contributed by atoms with Gasteiger partial charge in [0.2, 0.25) is 0 Å². The maximum absolute atomic E-state index is 10.1. The quantitative estimate of drug-likeness (QED) is 0.836. The molecule has 0 fully saturated rings. The van der Waals surface area contributed by atoms with E-state index in [0.29, 0.717) is 11.4 Å². The summed E-state index contributed by atoms with van der Waals surface area (Å²) in [5, 5.41) is 11.8. The number of halogens is 1. The van der Waals surface area contributed by atoms with E-state index in [4.69, 9.17) is 11.6 Å². The summed E-state index contributed by atoms with van der Waals surface area (Å²) in [6.07, 6.45) is 1.19. The number of H-pyrrole nitrogens is 1. The van der Waals surface area contributed by atoms with Crippen LogP contribution >= 0.6 is 11.6 Å². The van der Waals surface area contributed by atoms with E-state index >= 15 is 0 Å². The number of aliphatic hydroxyl groups excluding tert-OH is 1. The fourth-order valence-corrected chi connectivity index (χ4v) is 2.28. The molecule has 0 bridgehead atoms. The number of rotatable bonds is 3. The minimum Gasteiger partial charge on any atom is -0.388 e. The first-order chi connectivity index (χ1) is 7.67. The van der Waals surface area contributed by atoms with Crippen LogP contribution in [0.25, 0.3) is 10.9 Å². The van der Waals surface area contributed by atoms with Gasteiger partial charge in [0.15, 0.2) is 0 Å². The minimum atomic E-state index is -0.415. The lowest BCUT2D eigenvalue weighted by Crippen LogP contribution is -1.98. The Kier molecular flexibility index (Phi) is 3.22. The van der Waals surface area contributed by atoms with Crippen molar-refractivity contribution in [3.63, 3.8) is 0 Å². The van der Waals surface area contributed by atoms with Gasteiger partial charge in [-0.1, -0.05) is 25.4 Å². The fraction of sp³-hybridized carbons (Fsp3) is 0.385. The summed E-state index contributed by atoms with van der Waals surface area (Å²) in [7, 11) is 0. The molecule has 0 saturated carbocycles. The molecule has 1 atom stereocenters. The summed E-state index contributed by atoms with van der Waals surface area (Å²) in [5.41, 5.74) is 3.15. The summed E-state index contributed by atoms with van der Waals surface area (Å²) in [6, 6.07) is 5.74. The van der Waals surface area contributed by atoms with Gasteiger partial charge in [-0.3, -0.25) is 0 Å². The Morgan fingerprint density at radius 3 is 2.75 bits per heavy atom. The molecule has 86 valence electrons. The Balaban J connectivity index is 2.70. The number of hydrogen-bond acceptors (Lipinski definition) is 1. The van der Waals surface area contributed by atoms with Crippen molar-refractivity contribution in [1.82, 2.24) is 4.98 Å². The molecule has 2 aromatic rings. The average Bonchev–Trinajstić information content (AvgIpc) is 2.65. The van der Waals surface area contributed by atoms with Gasteiger partial charge in [-0.2, -0.15) is 0 Å². The number of fused-ring (bicyclic) bond motifs is 1. The maximum Gasteiger partial charge on any atom is 0.0810 e. The second kappa shape index (κ2) is 4.48. The molecule has 1 heterocycles. The molecule has 0 radical (unpaired) electrons. The summed E-state index contributed by atoms with van der Waals surface area (Å²) in [5.74, 6) is 0. The van der Waals surface area contributed by atoms with Crippen LogP contribution in [0.5, 0.6) is 0 Å². The van der Waals surface area contributed by atoms with Gasteiger partial charge in [-0.25, -0.2) is 0 Å². The topological polar surface area (TPSA) is 36.0 Å². The van der Waals surface area contributed by atoms with Crippen LogP contribution in [0.3, 0.4) is 0 Å². The van der Waals surface area contributed by atoms with E-state index in [1.807, 2.05) is 25.1 Å². The molecule has 0 saturated heterocycles. The Labute approximate surface area is 100 Å². The number of aromatic amines is 1. The van der Waals surface area contributed by atoms with Gasteiger partial charge >= 0.3 is 0 Å². The van der Waals surface area contributed by atoms with Crippen LogP contribution in [-0.4, -0.2) is 10.1 Å². The van der Waals surface area contributed by atoms with Gasteiger partial charge in [0.25, 0.3) is 0 Å². The minimum absolute atomic E-state index is 0.415. The predicted molar refractivity (Wildman–Crippen MR) is 67.9 cm³/mol. The van der Waals surface area contributed by atoms with Crippen molar-refractivity contribution in [2.75, 3.05) is 0 Å². The van der Waals surface area contributed by atoms with Crippen LogP contribution in [0.4, 0.5) is 0 Å². The molecule has 0 spiro atoms. The molecule has 0 amide bonds. The van der Waals surface area contributed by atoms with Crippen molar-refractivity contribution in [3.8, 4) is 0 Å². The van der Waals surface area contributed by atoms with Crippen LogP contribution in [0.1, 0.15) is 37.6 Å². The average molecular weight is 238 g/mol. The molecule has 2 nitrogen and oxygen atoms in total. The lowest BCUT2D eigenvalue weighted by Gasteiger charge is -2.09. The highest BCUT2D eigenvalue weighted by Gasteiger charge is 2.16. The predicted octanol–water partition coefficient (Wildman–Crippen LogP) is 3.83. The highest BCUT2D eigenvalue weighted by molar-refractivity contribution is 6.31. The summed E-state index contributed by atoms with van der Waals surface area (Å²) in [4.78, 5) is 3.34. The normalized spacial score (nSPS) is 13.2. The van der Waals surface area contributed by atoms with Gasteiger partial charge in [-0.15, -0.1) is 0 Å². The monoisotopic (exact) mass is 237 g/mol. The fourth-order valence-electron chi connectivity index (χ4n) is 2.10. The van der Waals surface area contributed by atoms with E-state index in [-0.39, 0.29) is 0 Å². The molecule has 1 unspecified atom stereocenters. The van der Waals surface area contributed by atoms with Gasteiger partial charge in [0.1, 0.15) is 0 Å². The first-order valence-corrected chi connectivity index (χ1v) is 6.03. The summed E-state index contributed by atoms with van der Waals surface area (Å²) >= 11 is 6.00. The second-order valence-electron chi connectivity index (χ2n) is 3.98. The zero-order valence-corrected chi connectivity index (χ0v) is 10.3. The zero-order chi connectivity index (χ0) is 11.7. The Bertz CT molecular complexity index is 504. The van der Waals surface area contributed by atoms with Gasteiger partial charge in [-0.05, 0) is 31.0 Å². The summed E-state index contributed by atoms with van der Waals surface area (Å²) in [6.45, 7) is 4.06. The smallest absolute Gasteiger partial charge is 0.0810 e. The van der Waals surface area contributed by atoms with E-state index in [1.165, 1.54) is 0 Å². The highest BCUT2D eigenvalue weighted by atomic mass is 35.5. The third-order valence-electron chi connectivity index (χ3n) is 2.96. The molecule has 2 N–H and O–H groups in total. The van der Waals surface area contributed by atoms with E-state index in [9.17, 15) is 5.11 Å². The van der Waals surface area contributed by atoms with Crippen molar-refractivity contribution in [1.29, 1.82) is 0 Å². The lowest BCUT2D eigenvalue weighted by molar-refractivity contribution is 0.174. The number of hydrogen-bond donors (Lipinski definition) is 2. The van der Waals surface area contributed by atoms with Crippen molar-refractivity contribution < 1.29 is 5.11 Å². The molecule has 2 rings (SSSR count). The van der Waals surface area contributed by atoms with Gasteiger partial charge in [0.05, 0.1) is 6.10 Å². The molecule has 16 heavy (non-hydrogen) atoms. The highest BCUT2D eigenvalue weighted by Crippen LogP contribution is 2.31. The van der Waals surface area contributed by atoms with E-state index in [2.05, 4.69) is 11.9 Å². The molecule has 1 aromatic heterocycles. The molecule has 1 aromatic carbocycles. The van der Waals surface area contributed by atoms with Crippen molar-refractivity contribution in [3.05, 3.63) is 34.5 Å². The number of aliphatic hydroxyl groups is 1. The van der Waals surface area contributed by atoms with Crippen molar-refractivity contribution in [2.45, 2.75) is 32.8 Å². The van der Waals surface area contributed by atoms with Gasteiger partial charge < -0.3 is 10.1 Å². The molecular formula is C13H16ClNO. The van der Waals surface area contributed by atoms with Crippen LogP contribution < -0.4 is 0 Å². The third-order valence-corrected chi connectivity index (χ3v) is 3.19. The molecular weight excluding hydrogens is 222 g/mol. The largest absolute Gasteiger partial charge is 0.388 e. The number of aryl methyl sites for hydroxylation is 1. The maximum atomic E-state index is 10.1. The van der Waals surface area contributed by atoms with E-state index in [0.717, 1.165) is 28.6 Å². The van der Waals surface area contributed by atoms with Gasteiger partial charge in [0, 0.05) is 27.2 Å². The SMILES string of the molecule is CCc1[nH]c2ccc(Cl)cc2c1C(O)CC. The van der Waals surface area contributed by atoms with E-state index < -0.39 is 6.10 Å². The van der Waals surface area contributed by atoms with Crippen LogP contribution in [0.15, 0.2) is 18.2 Å². The third kappa shape index (κ3) is 1.83. The summed E-state index contributed by atoms with van der Waals surface area (Å²) < 4.78 is 0. The Hall–Kier alpha value is -0.990. The van der Waals surface area contributed by atoms with Crippen molar-refractivity contribution in [2.24, 2.45) is 0 Å². The van der Waals surface area contributed by atoms with Crippen molar-refractivity contribution >= 4 is 22.5 Å². The zero-order valence-electron chi connectivity index (χ0n) is 9.55. The standard InChI is InChI=1S/C13H16ClNO/c1-3-10-13(12(16)4-2)9-7-8(14)5-6-11(9)15-10/h5-7,12,15-16H,3-4H2,1-2H3. The van der Waals surface area contributed by atoms with Crippen LogP contribution in [0, 0.1) is 0 Å². The number of nitrogens with one attached hydrogen (secondary N) is 1. The Morgan fingerprint density at radius 1 is 1.38 bits per heavy atom. The molecule has 3 heteroatoms. The van der Waals surface area contributed by atoms with Crippen LogP contribution in [0.2, 0.25) is 5.02 Å². The first kappa shape index (κ1) is 11.5. The lowest BCUT2D eigenvalue weighted by atomic mass is 10.0. The second-order valence-corrected chi connectivity index (χ2v) is 4.42. The van der Waals surface area contributed by atoms with E-state index in [1.54, 1.807) is 0 Å². The number of aromatic nitrogens is 1. The molecule has 0 aliphatic heterocycles. The first-order valence-electron chi connectivity index (χ1n) is 5.65. The molecule has 0 aliphatic rings. The Morgan fingerprint density at radius 2 is 2.12 bits per heavy atom. The van der Waals surface area contributed by atoms with Crippen LogP contribution in [-0.2, 0) is 6.42 Å².